The summed E-state index contributed by atoms with van der Waals surface area (Å²) in [5.74, 6) is 0.524. The van der Waals surface area contributed by atoms with E-state index in [2.05, 4.69) is 44.3 Å². The van der Waals surface area contributed by atoms with Crippen molar-refractivity contribution in [2.24, 2.45) is 11.3 Å². The van der Waals surface area contributed by atoms with E-state index in [1.54, 1.807) is 0 Å². The highest BCUT2D eigenvalue weighted by Crippen LogP contribution is 2.43. The summed E-state index contributed by atoms with van der Waals surface area (Å²) in [6, 6.07) is 0.769. The molecule has 0 amide bonds. The van der Waals surface area contributed by atoms with Gasteiger partial charge in [-0.15, -0.1) is 0 Å². The van der Waals surface area contributed by atoms with Gasteiger partial charge in [0, 0.05) is 35.8 Å². The molecule has 1 aromatic rings. The first-order valence-corrected chi connectivity index (χ1v) is 8.36. The topological polar surface area (TPSA) is 50.1 Å². The Balaban J connectivity index is 2.02. The third kappa shape index (κ3) is 3.67. The lowest BCUT2D eigenvalue weighted by molar-refractivity contribution is 0.0650. The Bertz CT molecular complexity index is 433. The van der Waals surface area contributed by atoms with E-state index < -0.39 is 0 Å². The smallest absolute Gasteiger partial charge is 0.0534 e. The molecule has 0 saturated heterocycles. The summed E-state index contributed by atoms with van der Waals surface area (Å²) >= 11 is 0. The first-order valence-electron chi connectivity index (χ1n) is 8.36. The van der Waals surface area contributed by atoms with Crippen LogP contribution in [-0.4, -0.2) is 27.5 Å². The fraction of sp³-hybridized carbons (Fsp3) is 0.824. The van der Waals surface area contributed by atoms with E-state index in [1.165, 1.54) is 18.4 Å². The van der Waals surface area contributed by atoms with Gasteiger partial charge in [0.05, 0.1) is 12.8 Å². The molecule has 0 aromatic carbocycles. The van der Waals surface area contributed by atoms with Crippen LogP contribution in [0.3, 0.4) is 0 Å². The second kappa shape index (κ2) is 6.93. The highest BCUT2D eigenvalue weighted by Gasteiger charge is 2.41. The number of aliphatic hydroxyl groups is 1. The number of hydrogen-bond donors (Lipinski definition) is 2. The average molecular weight is 293 g/mol. The number of rotatable bonds is 7. The molecule has 0 spiro atoms. The number of nitrogens with zero attached hydrogens (tertiary/aromatic N) is 2. The van der Waals surface area contributed by atoms with Gasteiger partial charge < -0.3 is 10.4 Å². The Morgan fingerprint density at radius 1 is 1.29 bits per heavy atom. The van der Waals surface area contributed by atoms with Crippen LogP contribution >= 0.6 is 0 Å². The minimum Gasteiger partial charge on any atom is -0.396 e. The fourth-order valence-electron chi connectivity index (χ4n) is 3.78. The molecule has 2 rings (SSSR count). The van der Waals surface area contributed by atoms with Crippen molar-refractivity contribution < 1.29 is 5.11 Å². The third-order valence-corrected chi connectivity index (χ3v) is 4.95. The molecule has 4 nitrogen and oxygen atoms in total. The zero-order valence-electron chi connectivity index (χ0n) is 14.0. The molecular weight excluding hydrogens is 262 g/mol. The summed E-state index contributed by atoms with van der Waals surface area (Å²) in [4.78, 5) is 0. The van der Waals surface area contributed by atoms with Crippen molar-refractivity contribution in [3.05, 3.63) is 18.0 Å². The van der Waals surface area contributed by atoms with Gasteiger partial charge in [-0.05, 0) is 32.6 Å². The second-order valence-corrected chi connectivity index (χ2v) is 7.25. The van der Waals surface area contributed by atoms with Gasteiger partial charge >= 0.3 is 0 Å². The van der Waals surface area contributed by atoms with Crippen LogP contribution in [0.4, 0.5) is 0 Å². The predicted molar refractivity (Wildman–Crippen MR) is 86.1 cm³/mol. The van der Waals surface area contributed by atoms with E-state index >= 15 is 0 Å². The maximum absolute atomic E-state index is 9.95. The number of hydrogen-bond acceptors (Lipinski definition) is 3. The molecule has 21 heavy (non-hydrogen) atoms. The minimum absolute atomic E-state index is 0.0716. The van der Waals surface area contributed by atoms with Gasteiger partial charge in [0.15, 0.2) is 0 Å². The Labute approximate surface area is 128 Å². The van der Waals surface area contributed by atoms with Gasteiger partial charge in [0.25, 0.3) is 0 Å². The van der Waals surface area contributed by atoms with E-state index in [-0.39, 0.29) is 5.41 Å². The molecule has 2 N–H and O–H groups in total. The Morgan fingerprint density at radius 3 is 2.43 bits per heavy atom. The third-order valence-electron chi connectivity index (χ3n) is 4.95. The van der Waals surface area contributed by atoms with Crippen molar-refractivity contribution in [2.45, 2.75) is 72.0 Å². The zero-order valence-corrected chi connectivity index (χ0v) is 14.0. The van der Waals surface area contributed by atoms with Crippen LogP contribution in [0.5, 0.6) is 0 Å². The van der Waals surface area contributed by atoms with E-state index in [4.69, 9.17) is 0 Å². The molecule has 120 valence electrons. The summed E-state index contributed by atoms with van der Waals surface area (Å²) < 4.78 is 2.00. The Morgan fingerprint density at radius 2 is 1.95 bits per heavy atom. The van der Waals surface area contributed by atoms with Crippen LogP contribution in [0.25, 0.3) is 0 Å². The lowest BCUT2D eigenvalue weighted by Gasteiger charge is -2.39. The van der Waals surface area contributed by atoms with Crippen molar-refractivity contribution in [1.29, 1.82) is 0 Å². The summed E-state index contributed by atoms with van der Waals surface area (Å²) in [5.41, 5.74) is 1.29. The highest BCUT2D eigenvalue weighted by atomic mass is 16.3. The van der Waals surface area contributed by atoms with Crippen LogP contribution in [0, 0.1) is 11.3 Å². The van der Waals surface area contributed by atoms with E-state index in [0.29, 0.717) is 24.6 Å². The molecule has 0 bridgehead atoms. The minimum atomic E-state index is 0.0716. The van der Waals surface area contributed by atoms with Crippen molar-refractivity contribution in [1.82, 2.24) is 15.1 Å². The van der Waals surface area contributed by atoms with Gasteiger partial charge in [0.1, 0.15) is 0 Å². The lowest BCUT2D eigenvalue weighted by Crippen LogP contribution is -2.49. The van der Waals surface area contributed by atoms with Gasteiger partial charge in [-0.2, -0.15) is 5.10 Å². The monoisotopic (exact) mass is 293 g/mol. The molecule has 1 fully saturated rings. The predicted octanol–water partition coefficient (Wildman–Crippen LogP) is 3.13. The molecule has 4 heteroatoms. The molecule has 1 aliphatic rings. The summed E-state index contributed by atoms with van der Waals surface area (Å²) in [6.45, 7) is 9.92. The molecule has 0 aliphatic heterocycles. The van der Waals surface area contributed by atoms with Crippen molar-refractivity contribution >= 4 is 0 Å². The summed E-state index contributed by atoms with van der Waals surface area (Å²) in [5, 5.41) is 18.1. The van der Waals surface area contributed by atoms with Gasteiger partial charge in [0.2, 0.25) is 0 Å². The lowest BCUT2D eigenvalue weighted by atomic mass is 9.74. The molecule has 1 heterocycles. The normalized spacial score (nSPS) is 19.6. The van der Waals surface area contributed by atoms with Crippen LogP contribution in [0.2, 0.25) is 0 Å². The first kappa shape index (κ1) is 16.5. The Hall–Kier alpha value is -0.870. The fourth-order valence-corrected chi connectivity index (χ4v) is 3.78. The number of nitrogens with one attached hydrogen (secondary N) is 1. The zero-order chi connectivity index (χ0) is 15.5. The largest absolute Gasteiger partial charge is 0.396 e. The standard InChI is InChI=1S/C17H31N3O/c1-13(2)16(17(12-21)7-5-6-8-17)18-9-15-10-19-20(11-15)14(3)4/h10-11,13-14,16,18,21H,5-9,12H2,1-4H3/t16-/m0/s1. The van der Waals surface area contributed by atoms with Crippen molar-refractivity contribution in [3.8, 4) is 0 Å². The van der Waals surface area contributed by atoms with Gasteiger partial charge in [-0.25, -0.2) is 0 Å². The van der Waals surface area contributed by atoms with Gasteiger partial charge in [-0.3, -0.25) is 4.68 Å². The SMILES string of the molecule is CC(C)[C@H](NCc1cnn(C(C)C)c1)C1(CO)CCCC1. The quantitative estimate of drug-likeness (QED) is 0.812. The van der Waals surface area contributed by atoms with E-state index in [9.17, 15) is 5.11 Å². The molecular formula is C17H31N3O. The summed E-state index contributed by atoms with van der Waals surface area (Å²) in [6.07, 6.45) is 8.85. The molecule has 1 aromatic heterocycles. The van der Waals surface area contributed by atoms with E-state index in [0.717, 1.165) is 19.4 Å². The number of aromatic nitrogens is 2. The van der Waals surface area contributed by atoms with E-state index in [1.807, 2.05) is 10.9 Å². The van der Waals surface area contributed by atoms with Crippen LogP contribution in [-0.2, 0) is 6.54 Å². The van der Waals surface area contributed by atoms with Crippen molar-refractivity contribution in [3.63, 3.8) is 0 Å². The Kier molecular flexibility index (Phi) is 5.44. The molecule has 1 saturated carbocycles. The highest BCUT2D eigenvalue weighted by molar-refractivity contribution is 5.05. The summed E-state index contributed by atoms with van der Waals surface area (Å²) in [7, 11) is 0. The van der Waals surface area contributed by atoms with Crippen LogP contribution in [0.15, 0.2) is 12.4 Å². The second-order valence-electron chi connectivity index (χ2n) is 7.25. The molecule has 1 aliphatic carbocycles. The average Bonchev–Trinajstić information content (AvgIpc) is 3.08. The van der Waals surface area contributed by atoms with Crippen LogP contribution < -0.4 is 5.32 Å². The molecule has 0 radical (unpaired) electrons. The molecule has 1 atom stereocenters. The number of aliphatic hydroxyl groups excluding tert-OH is 1. The maximum Gasteiger partial charge on any atom is 0.0534 e. The van der Waals surface area contributed by atoms with Gasteiger partial charge in [-0.1, -0.05) is 26.7 Å². The first-order chi connectivity index (χ1) is 9.98. The maximum atomic E-state index is 9.95. The van der Waals surface area contributed by atoms with Crippen molar-refractivity contribution in [2.75, 3.05) is 6.61 Å². The van der Waals surface area contributed by atoms with Crippen LogP contribution in [0.1, 0.15) is 65.0 Å². The molecule has 0 unspecified atom stereocenters.